The zero-order chi connectivity index (χ0) is 16.5. The molecule has 0 aliphatic carbocycles. The molecule has 0 radical (unpaired) electrons. The number of carbonyl (C=O) groups is 1. The fraction of sp³-hybridized carbons (Fsp3) is 0.312. The summed E-state index contributed by atoms with van der Waals surface area (Å²) in [6, 6.07) is 7.97. The quantitative estimate of drug-likeness (QED) is 0.793. The monoisotopic (exact) mass is 321 g/mol. The van der Waals surface area contributed by atoms with E-state index in [0.29, 0.717) is 11.3 Å². The summed E-state index contributed by atoms with van der Waals surface area (Å²) < 4.78 is 30.4. The van der Waals surface area contributed by atoms with E-state index in [1.807, 2.05) is 31.5 Å². The molecule has 0 N–H and O–H groups in total. The van der Waals surface area contributed by atoms with Gasteiger partial charge in [0, 0.05) is 30.3 Å². The van der Waals surface area contributed by atoms with Gasteiger partial charge in [0.05, 0.1) is 4.90 Å². The molecular formula is C16H19NO4S. The second kappa shape index (κ2) is 5.96. The number of aromatic nitrogens is 1. The Hall–Kier alpha value is -2.08. The van der Waals surface area contributed by atoms with E-state index in [2.05, 4.69) is 0 Å². The van der Waals surface area contributed by atoms with Crippen molar-refractivity contribution < 1.29 is 17.9 Å². The fourth-order valence-corrected chi connectivity index (χ4v) is 2.81. The molecule has 2 rings (SSSR count). The summed E-state index contributed by atoms with van der Waals surface area (Å²) in [5.74, 6) is 0.229. The SMILES string of the molecule is Cc1cc(C(=O)COc2cccc(S(C)(=O)=O)c2)c(C)n1C. The summed E-state index contributed by atoms with van der Waals surface area (Å²) in [4.78, 5) is 12.4. The Balaban J connectivity index is 2.13. The second-order valence-corrected chi connectivity index (χ2v) is 7.32. The molecule has 1 heterocycles. The molecule has 22 heavy (non-hydrogen) atoms. The minimum atomic E-state index is -3.29. The van der Waals surface area contributed by atoms with Gasteiger partial charge in [0.2, 0.25) is 5.78 Å². The Morgan fingerprint density at radius 2 is 1.91 bits per heavy atom. The maximum absolute atomic E-state index is 12.2. The molecule has 0 bridgehead atoms. The molecule has 0 aliphatic heterocycles. The van der Waals surface area contributed by atoms with E-state index in [4.69, 9.17) is 4.74 Å². The average molecular weight is 321 g/mol. The molecule has 6 heteroatoms. The zero-order valence-corrected chi connectivity index (χ0v) is 13.9. The van der Waals surface area contributed by atoms with Crippen LogP contribution in [0.1, 0.15) is 21.7 Å². The average Bonchev–Trinajstić information content (AvgIpc) is 2.72. The van der Waals surface area contributed by atoms with Gasteiger partial charge in [0.25, 0.3) is 0 Å². The van der Waals surface area contributed by atoms with Crippen molar-refractivity contribution in [3.05, 3.63) is 47.3 Å². The molecule has 0 fully saturated rings. The third kappa shape index (κ3) is 3.39. The Labute approximate surface area is 130 Å². The highest BCUT2D eigenvalue weighted by atomic mass is 32.2. The van der Waals surface area contributed by atoms with Crippen molar-refractivity contribution in [2.75, 3.05) is 12.9 Å². The molecular weight excluding hydrogens is 302 g/mol. The predicted molar refractivity (Wildman–Crippen MR) is 84.3 cm³/mol. The largest absolute Gasteiger partial charge is 0.485 e. The minimum Gasteiger partial charge on any atom is -0.485 e. The number of Topliss-reactive ketones (excluding diaryl/α,β-unsaturated/α-hetero) is 1. The lowest BCUT2D eigenvalue weighted by Crippen LogP contribution is -2.12. The van der Waals surface area contributed by atoms with Gasteiger partial charge in [-0.2, -0.15) is 0 Å². The van der Waals surface area contributed by atoms with Crippen molar-refractivity contribution in [1.82, 2.24) is 4.57 Å². The van der Waals surface area contributed by atoms with E-state index >= 15 is 0 Å². The second-order valence-electron chi connectivity index (χ2n) is 5.30. The van der Waals surface area contributed by atoms with Crippen molar-refractivity contribution in [3.8, 4) is 5.75 Å². The Kier molecular flexibility index (Phi) is 4.42. The number of ether oxygens (including phenoxy) is 1. The molecule has 1 aromatic heterocycles. The molecule has 0 amide bonds. The molecule has 0 aliphatic rings. The van der Waals surface area contributed by atoms with Gasteiger partial charge in [-0.25, -0.2) is 8.42 Å². The number of rotatable bonds is 5. The van der Waals surface area contributed by atoms with Gasteiger partial charge < -0.3 is 9.30 Å². The summed E-state index contributed by atoms with van der Waals surface area (Å²) in [5, 5.41) is 0. The van der Waals surface area contributed by atoms with E-state index in [0.717, 1.165) is 17.6 Å². The summed E-state index contributed by atoms with van der Waals surface area (Å²) in [5.41, 5.74) is 2.51. The first-order valence-electron chi connectivity index (χ1n) is 6.79. The topological polar surface area (TPSA) is 65.4 Å². The van der Waals surface area contributed by atoms with Crippen LogP contribution in [0.4, 0.5) is 0 Å². The van der Waals surface area contributed by atoms with E-state index < -0.39 is 9.84 Å². The lowest BCUT2D eigenvalue weighted by molar-refractivity contribution is 0.0920. The number of sulfone groups is 1. The van der Waals surface area contributed by atoms with Crippen LogP contribution in [0.5, 0.6) is 5.75 Å². The molecule has 118 valence electrons. The van der Waals surface area contributed by atoms with E-state index in [9.17, 15) is 13.2 Å². The van der Waals surface area contributed by atoms with Crippen LogP contribution in [0.15, 0.2) is 35.2 Å². The first-order valence-corrected chi connectivity index (χ1v) is 8.68. The lowest BCUT2D eigenvalue weighted by Gasteiger charge is -2.07. The van der Waals surface area contributed by atoms with E-state index in [1.165, 1.54) is 12.1 Å². The first kappa shape index (κ1) is 16.3. The molecule has 0 saturated heterocycles. The number of nitrogens with zero attached hydrogens (tertiary/aromatic N) is 1. The van der Waals surface area contributed by atoms with Crippen LogP contribution >= 0.6 is 0 Å². The smallest absolute Gasteiger partial charge is 0.202 e. The highest BCUT2D eigenvalue weighted by molar-refractivity contribution is 7.90. The first-order chi connectivity index (χ1) is 10.2. The van der Waals surface area contributed by atoms with Gasteiger partial charge in [-0.15, -0.1) is 0 Å². The molecule has 2 aromatic rings. The van der Waals surface area contributed by atoms with E-state index in [1.54, 1.807) is 12.1 Å². The number of aryl methyl sites for hydroxylation is 1. The number of ketones is 1. The molecule has 0 saturated carbocycles. The van der Waals surface area contributed by atoms with Gasteiger partial charge in [-0.3, -0.25) is 4.79 Å². The van der Waals surface area contributed by atoms with Crippen molar-refractivity contribution >= 4 is 15.6 Å². The Morgan fingerprint density at radius 1 is 1.23 bits per heavy atom. The van der Waals surface area contributed by atoms with Crippen molar-refractivity contribution in [3.63, 3.8) is 0 Å². The van der Waals surface area contributed by atoms with Crippen LogP contribution in [0.25, 0.3) is 0 Å². The minimum absolute atomic E-state index is 0.127. The normalized spacial score (nSPS) is 11.5. The van der Waals surface area contributed by atoms with Crippen molar-refractivity contribution in [2.45, 2.75) is 18.7 Å². The number of hydrogen-bond donors (Lipinski definition) is 0. The third-order valence-electron chi connectivity index (χ3n) is 3.68. The van der Waals surface area contributed by atoms with Gasteiger partial charge >= 0.3 is 0 Å². The molecule has 5 nitrogen and oxygen atoms in total. The zero-order valence-electron chi connectivity index (χ0n) is 13.1. The summed E-state index contributed by atoms with van der Waals surface area (Å²) >= 11 is 0. The van der Waals surface area contributed by atoms with Crippen LogP contribution in [0, 0.1) is 13.8 Å². The molecule has 0 atom stereocenters. The van der Waals surface area contributed by atoms with Gasteiger partial charge in [0.15, 0.2) is 16.4 Å². The van der Waals surface area contributed by atoms with E-state index in [-0.39, 0.29) is 17.3 Å². The summed E-state index contributed by atoms with van der Waals surface area (Å²) in [7, 11) is -1.39. The van der Waals surface area contributed by atoms with Crippen LogP contribution in [0.2, 0.25) is 0 Å². The standard InChI is InChI=1S/C16H19NO4S/c1-11-8-15(12(2)17(11)3)16(18)10-21-13-6-5-7-14(9-13)22(4,19)20/h5-9H,10H2,1-4H3. The van der Waals surface area contributed by atoms with Crippen LogP contribution in [0.3, 0.4) is 0 Å². The lowest BCUT2D eigenvalue weighted by atomic mass is 10.1. The third-order valence-corrected chi connectivity index (χ3v) is 4.79. The molecule has 1 aromatic carbocycles. The van der Waals surface area contributed by atoms with Gasteiger partial charge in [-0.05, 0) is 38.1 Å². The van der Waals surface area contributed by atoms with Crippen LogP contribution in [-0.2, 0) is 16.9 Å². The van der Waals surface area contributed by atoms with Gasteiger partial charge in [0.1, 0.15) is 5.75 Å². The number of hydrogen-bond acceptors (Lipinski definition) is 4. The van der Waals surface area contributed by atoms with Crippen LogP contribution in [-0.4, -0.2) is 31.6 Å². The summed E-state index contributed by atoms with van der Waals surface area (Å²) in [6.07, 6.45) is 1.13. The summed E-state index contributed by atoms with van der Waals surface area (Å²) in [6.45, 7) is 3.68. The number of carbonyl (C=O) groups excluding carboxylic acids is 1. The highest BCUT2D eigenvalue weighted by Gasteiger charge is 2.15. The molecule has 0 unspecified atom stereocenters. The highest BCUT2D eigenvalue weighted by Crippen LogP contribution is 2.19. The maximum atomic E-state index is 12.2. The van der Waals surface area contributed by atoms with Crippen LogP contribution < -0.4 is 4.74 Å². The Morgan fingerprint density at radius 3 is 2.45 bits per heavy atom. The predicted octanol–water partition coefficient (Wildman–Crippen LogP) is 2.31. The molecule has 0 spiro atoms. The van der Waals surface area contributed by atoms with Gasteiger partial charge in [-0.1, -0.05) is 6.07 Å². The van der Waals surface area contributed by atoms with Crippen molar-refractivity contribution in [1.29, 1.82) is 0 Å². The van der Waals surface area contributed by atoms with Crippen molar-refractivity contribution in [2.24, 2.45) is 7.05 Å². The maximum Gasteiger partial charge on any atom is 0.202 e. The number of benzene rings is 1. The fourth-order valence-electron chi connectivity index (χ4n) is 2.16. The Bertz CT molecular complexity index is 819.